The first kappa shape index (κ1) is 9.57. The van der Waals surface area contributed by atoms with Gasteiger partial charge >= 0.3 is 11.1 Å². The first-order valence-corrected chi connectivity index (χ1v) is 4.12. The van der Waals surface area contributed by atoms with Crippen molar-refractivity contribution in [3.05, 3.63) is 44.5 Å². The molecule has 0 atom stereocenters. The van der Waals surface area contributed by atoms with Crippen LogP contribution in [0.25, 0.3) is 11.0 Å². The lowest BCUT2D eigenvalue weighted by atomic mass is 10.2. The summed E-state index contributed by atoms with van der Waals surface area (Å²) < 4.78 is 24.6. The molecule has 0 aliphatic carbocycles. The highest BCUT2D eigenvalue weighted by molar-refractivity contribution is 5.74. The molecule has 4 nitrogen and oxygen atoms in total. The van der Waals surface area contributed by atoms with E-state index in [0.717, 1.165) is 6.07 Å². The van der Waals surface area contributed by atoms with Crippen molar-refractivity contribution in [3.8, 4) is 0 Å². The van der Waals surface area contributed by atoms with Crippen molar-refractivity contribution in [1.82, 2.24) is 9.97 Å². The van der Waals surface area contributed by atoms with Crippen molar-refractivity contribution in [2.24, 2.45) is 0 Å². The van der Waals surface area contributed by atoms with E-state index in [-0.39, 0.29) is 11.1 Å². The average Bonchev–Trinajstić information content (AvgIpc) is 2.19. The predicted molar refractivity (Wildman–Crippen MR) is 50.1 cm³/mol. The number of hydrogen-bond donors (Lipinski definition) is 2. The standard InChI is InChI=1S/C9H6F2N2O2/c10-7(11)4-1-2-5-6(3-4)13-9(15)8(14)12-5/h1-3,7H,(H,12,14)(H,13,15). The molecule has 1 aromatic heterocycles. The Morgan fingerprint density at radius 2 is 1.60 bits per heavy atom. The number of fused-ring (bicyclic) bond motifs is 1. The van der Waals surface area contributed by atoms with Crippen LogP contribution in [0.15, 0.2) is 27.8 Å². The van der Waals surface area contributed by atoms with Gasteiger partial charge in [0.15, 0.2) is 0 Å². The third-order valence-corrected chi connectivity index (χ3v) is 2.00. The number of aromatic amines is 2. The van der Waals surface area contributed by atoms with Crippen molar-refractivity contribution in [2.45, 2.75) is 6.43 Å². The summed E-state index contributed by atoms with van der Waals surface area (Å²) in [5, 5.41) is 0. The van der Waals surface area contributed by atoms with Gasteiger partial charge in [0.05, 0.1) is 11.0 Å². The third-order valence-electron chi connectivity index (χ3n) is 2.00. The maximum atomic E-state index is 12.3. The molecule has 0 saturated carbocycles. The number of aromatic nitrogens is 2. The molecule has 0 spiro atoms. The molecule has 0 fully saturated rings. The second kappa shape index (κ2) is 3.30. The van der Waals surface area contributed by atoms with Gasteiger partial charge in [-0.05, 0) is 12.1 Å². The van der Waals surface area contributed by atoms with Gasteiger partial charge in [0.1, 0.15) is 0 Å². The summed E-state index contributed by atoms with van der Waals surface area (Å²) in [6.07, 6.45) is -2.61. The summed E-state index contributed by atoms with van der Waals surface area (Å²) >= 11 is 0. The second-order valence-corrected chi connectivity index (χ2v) is 3.01. The molecule has 1 aromatic carbocycles. The molecule has 15 heavy (non-hydrogen) atoms. The third kappa shape index (κ3) is 1.65. The van der Waals surface area contributed by atoms with E-state index in [2.05, 4.69) is 9.97 Å². The molecule has 0 bridgehead atoms. The summed E-state index contributed by atoms with van der Waals surface area (Å²) in [6, 6.07) is 3.66. The molecule has 1 heterocycles. The maximum absolute atomic E-state index is 12.3. The van der Waals surface area contributed by atoms with Gasteiger partial charge in [-0.15, -0.1) is 0 Å². The molecule has 0 saturated heterocycles. The first-order chi connectivity index (χ1) is 7.08. The minimum absolute atomic E-state index is 0.192. The number of hydrogen-bond acceptors (Lipinski definition) is 2. The number of benzene rings is 1. The van der Waals surface area contributed by atoms with Crippen LogP contribution >= 0.6 is 0 Å². The van der Waals surface area contributed by atoms with Crippen molar-refractivity contribution < 1.29 is 8.78 Å². The summed E-state index contributed by atoms with van der Waals surface area (Å²) in [4.78, 5) is 26.3. The normalized spacial score (nSPS) is 11.1. The molecule has 0 aliphatic heterocycles. The molecule has 0 radical (unpaired) electrons. The topological polar surface area (TPSA) is 65.7 Å². The number of halogens is 2. The Morgan fingerprint density at radius 3 is 2.20 bits per heavy atom. The monoisotopic (exact) mass is 212 g/mol. The lowest BCUT2D eigenvalue weighted by Crippen LogP contribution is -2.28. The van der Waals surface area contributed by atoms with E-state index in [1.165, 1.54) is 12.1 Å². The van der Waals surface area contributed by atoms with Crippen molar-refractivity contribution in [1.29, 1.82) is 0 Å². The molecule has 6 heteroatoms. The Hall–Kier alpha value is -1.98. The van der Waals surface area contributed by atoms with Gasteiger partial charge in [-0.25, -0.2) is 8.78 Å². The van der Waals surface area contributed by atoms with E-state index in [1.54, 1.807) is 0 Å². The maximum Gasteiger partial charge on any atom is 0.314 e. The van der Waals surface area contributed by atoms with Crippen LogP contribution in [-0.2, 0) is 0 Å². The van der Waals surface area contributed by atoms with Crippen molar-refractivity contribution in [2.75, 3.05) is 0 Å². The van der Waals surface area contributed by atoms with E-state index < -0.39 is 17.5 Å². The van der Waals surface area contributed by atoms with Gasteiger partial charge < -0.3 is 9.97 Å². The Balaban J connectivity index is 2.77. The van der Waals surface area contributed by atoms with E-state index in [1.807, 2.05) is 0 Å². The predicted octanol–water partition coefficient (Wildman–Crippen LogP) is 1.15. The SMILES string of the molecule is O=c1[nH]c2ccc(C(F)F)cc2[nH]c1=O. The Bertz CT molecular complexity index is 615. The zero-order valence-corrected chi connectivity index (χ0v) is 7.38. The molecular weight excluding hydrogens is 206 g/mol. The van der Waals surface area contributed by atoms with Gasteiger partial charge in [0.25, 0.3) is 6.43 Å². The molecule has 2 rings (SSSR count). The number of alkyl halides is 2. The van der Waals surface area contributed by atoms with E-state index in [4.69, 9.17) is 0 Å². The van der Waals surface area contributed by atoms with Crippen LogP contribution in [0.5, 0.6) is 0 Å². The molecule has 0 aliphatic rings. The fourth-order valence-corrected chi connectivity index (χ4v) is 1.27. The van der Waals surface area contributed by atoms with Crippen LogP contribution < -0.4 is 11.1 Å². The van der Waals surface area contributed by atoms with Gasteiger partial charge in [-0.2, -0.15) is 0 Å². The molecular formula is C9H6F2N2O2. The van der Waals surface area contributed by atoms with Gasteiger partial charge in [-0.3, -0.25) is 9.59 Å². The Kier molecular flexibility index (Phi) is 2.11. The minimum atomic E-state index is -2.61. The first-order valence-electron chi connectivity index (χ1n) is 4.12. The molecule has 78 valence electrons. The van der Waals surface area contributed by atoms with Crippen LogP contribution in [0.4, 0.5) is 8.78 Å². The molecule has 2 N–H and O–H groups in total. The fraction of sp³-hybridized carbons (Fsp3) is 0.111. The number of rotatable bonds is 1. The zero-order valence-electron chi connectivity index (χ0n) is 7.38. The molecule has 0 amide bonds. The summed E-state index contributed by atoms with van der Waals surface area (Å²) in [6.45, 7) is 0. The van der Waals surface area contributed by atoms with E-state index >= 15 is 0 Å². The smallest absolute Gasteiger partial charge is 0.314 e. The van der Waals surface area contributed by atoms with Crippen LogP contribution in [-0.4, -0.2) is 9.97 Å². The second-order valence-electron chi connectivity index (χ2n) is 3.01. The highest BCUT2D eigenvalue weighted by Crippen LogP contribution is 2.20. The van der Waals surface area contributed by atoms with E-state index in [0.29, 0.717) is 5.52 Å². The van der Waals surface area contributed by atoms with E-state index in [9.17, 15) is 18.4 Å². The number of H-pyrrole nitrogens is 2. The largest absolute Gasteiger partial charge is 0.316 e. The summed E-state index contributed by atoms with van der Waals surface area (Å²) in [5.74, 6) is 0. The summed E-state index contributed by atoms with van der Waals surface area (Å²) in [7, 11) is 0. The Labute approximate surface area is 81.6 Å². The van der Waals surface area contributed by atoms with Gasteiger partial charge in [0.2, 0.25) is 0 Å². The van der Waals surface area contributed by atoms with Crippen molar-refractivity contribution in [3.63, 3.8) is 0 Å². The highest BCUT2D eigenvalue weighted by Gasteiger charge is 2.08. The van der Waals surface area contributed by atoms with Gasteiger partial charge in [0, 0.05) is 5.56 Å². The quantitative estimate of drug-likeness (QED) is 0.696. The average molecular weight is 212 g/mol. The minimum Gasteiger partial charge on any atom is -0.316 e. The van der Waals surface area contributed by atoms with Crippen molar-refractivity contribution >= 4 is 11.0 Å². The fourth-order valence-electron chi connectivity index (χ4n) is 1.27. The van der Waals surface area contributed by atoms with Gasteiger partial charge in [-0.1, -0.05) is 6.07 Å². The lowest BCUT2D eigenvalue weighted by molar-refractivity contribution is 0.151. The molecule has 0 unspecified atom stereocenters. The zero-order chi connectivity index (χ0) is 11.0. The van der Waals surface area contributed by atoms with Crippen LogP contribution in [0.2, 0.25) is 0 Å². The Morgan fingerprint density at radius 1 is 1.00 bits per heavy atom. The molecule has 2 aromatic rings. The van der Waals surface area contributed by atoms with Crippen LogP contribution in [0.3, 0.4) is 0 Å². The van der Waals surface area contributed by atoms with Crippen LogP contribution in [0, 0.1) is 0 Å². The summed E-state index contributed by atoms with van der Waals surface area (Å²) in [5.41, 5.74) is -1.34. The highest BCUT2D eigenvalue weighted by atomic mass is 19.3. The lowest BCUT2D eigenvalue weighted by Gasteiger charge is -2.01. The number of nitrogens with one attached hydrogen (secondary N) is 2. The van der Waals surface area contributed by atoms with Crippen LogP contribution in [0.1, 0.15) is 12.0 Å².